The van der Waals surface area contributed by atoms with Gasteiger partial charge >= 0.3 is 12.1 Å². The molecule has 28 heavy (non-hydrogen) atoms. The summed E-state index contributed by atoms with van der Waals surface area (Å²) in [6.45, 7) is 1.87. The standard InChI is InChI=1S/C20H23N3O5/c1-3-28-19(25)17-18(24)23(16-7-5-4-6-15(16)21-17)14-10-12-8-9-13(11-14)22(12)20(26)27-2/h4-7,12-14H,3,8-11H2,1-2H3/t12-,13?,14?/m1/s1. The number of para-hydroxylation sites is 2. The van der Waals surface area contributed by atoms with Crippen molar-refractivity contribution in [2.75, 3.05) is 13.7 Å². The highest BCUT2D eigenvalue weighted by molar-refractivity contribution is 5.89. The van der Waals surface area contributed by atoms with Crippen molar-refractivity contribution in [2.45, 2.75) is 50.7 Å². The summed E-state index contributed by atoms with van der Waals surface area (Å²) in [5.74, 6) is -0.707. The largest absolute Gasteiger partial charge is 0.461 e. The van der Waals surface area contributed by atoms with Crippen LogP contribution in [0, 0.1) is 0 Å². The van der Waals surface area contributed by atoms with E-state index in [0.717, 1.165) is 12.8 Å². The van der Waals surface area contributed by atoms with Gasteiger partial charge in [0.2, 0.25) is 5.69 Å². The van der Waals surface area contributed by atoms with Crippen molar-refractivity contribution in [2.24, 2.45) is 0 Å². The average molecular weight is 385 g/mol. The summed E-state index contributed by atoms with van der Waals surface area (Å²) in [5.41, 5.74) is 0.640. The lowest BCUT2D eigenvalue weighted by Gasteiger charge is -2.38. The summed E-state index contributed by atoms with van der Waals surface area (Å²) in [6.07, 6.45) is 2.74. The molecule has 8 nitrogen and oxygen atoms in total. The zero-order chi connectivity index (χ0) is 19.8. The molecule has 0 saturated carbocycles. The van der Waals surface area contributed by atoms with Crippen molar-refractivity contribution in [3.8, 4) is 0 Å². The van der Waals surface area contributed by atoms with Gasteiger partial charge in [0, 0.05) is 18.1 Å². The van der Waals surface area contributed by atoms with Crippen molar-refractivity contribution in [1.82, 2.24) is 14.5 Å². The number of amides is 1. The van der Waals surface area contributed by atoms with Crippen LogP contribution >= 0.6 is 0 Å². The lowest BCUT2D eigenvalue weighted by Crippen LogP contribution is -2.48. The van der Waals surface area contributed by atoms with Crippen molar-refractivity contribution in [3.63, 3.8) is 0 Å². The zero-order valence-corrected chi connectivity index (χ0v) is 16.0. The molecule has 4 rings (SSSR count). The fourth-order valence-electron chi connectivity index (χ4n) is 4.61. The summed E-state index contributed by atoms with van der Waals surface area (Å²) in [6, 6.07) is 7.23. The summed E-state index contributed by atoms with van der Waals surface area (Å²) in [4.78, 5) is 43.7. The quantitative estimate of drug-likeness (QED) is 0.754. The highest BCUT2D eigenvalue weighted by Crippen LogP contribution is 2.41. The minimum atomic E-state index is -0.707. The number of aromatic nitrogens is 2. The number of ether oxygens (including phenoxy) is 2. The first-order valence-electron chi connectivity index (χ1n) is 9.59. The molecule has 8 heteroatoms. The van der Waals surface area contributed by atoms with Gasteiger partial charge in [-0.1, -0.05) is 12.1 Å². The van der Waals surface area contributed by atoms with E-state index in [9.17, 15) is 14.4 Å². The topological polar surface area (TPSA) is 90.7 Å². The third-order valence-corrected chi connectivity index (χ3v) is 5.72. The molecular weight excluding hydrogens is 362 g/mol. The maximum atomic E-state index is 13.2. The summed E-state index contributed by atoms with van der Waals surface area (Å²) in [5, 5.41) is 0. The number of hydrogen-bond acceptors (Lipinski definition) is 6. The zero-order valence-electron chi connectivity index (χ0n) is 16.0. The summed E-state index contributed by atoms with van der Waals surface area (Å²) < 4.78 is 11.6. The smallest absolute Gasteiger partial charge is 0.409 e. The van der Waals surface area contributed by atoms with Crippen molar-refractivity contribution in [3.05, 3.63) is 40.3 Å². The van der Waals surface area contributed by atoms with Gasteiger partial charge in [0.15, 0.2) is 0 Å². The van der Waals surface area contributed by atoms with E-state index < -0.39 is 11.5 Å². The Bertz CT molecular complexity index is 971. The number of benzene rings is 1. The maximum Gasteiger partial charge on any atom is 0.409 e. The second-order valence-electron chi connectivity index (χ2n) is 7.23. The van der Waals surface area contributed by atoms with E-state index in [0.29, 0.717) is 23.9 Å². The maximum absolute atomic E-state index is 13.2. The lowest BCUT2D eigenvalue weighted by molar-refractivity contribution is 0.0516. The monoisotopic (exact) mass is 385 g/mol. The first kappa shape index (κ1) is 18.5. The number of carbonyl (C=O) groups is 2. The fourth-order valence-corrected chi connectivity index (χ4v) is 4.61. The molecule has 3 heterocycles. The summed E-state index contributed by atoms with van der Waals surface area (Å²) in [7, 11) is 1.39. The third kappa shape index (κ3) is 2.93. The van der Waals surface area contributed by atoms with Gasteiger partial charge in [0.1, 0.15) is 0 Å². The molecule has 0 N–H and O–H groups in total. The Morgan fingerprint density at radius 2 is 1.82 bits per heavy atom. The van der Waals surface area contributed by atoms with Crippen LogP contribution in [0.1, 0.15) is 49.1 Å². The Kier molecular flexibility index (Phi) is 4.78. The molecule has 2 aliphatic heterocycles. The van der Waals surface area contributed by atoms with E-state index in [2.05, 4.69) is 4.98 Å². The third-order valence-electron chi connectivity index (χ3n) is 5.72. The first-order valence-corrected chi connectivity index (χ1v) is 9.59. The molecular formula is C20H23N3O5. The molecule has 0 radical (unpaired) electrons. The number of esters is 1. The second kappa shape index (κ2) is 7.26. The fraction of sp³-hybridized carbons (Fsp3) is 0.500. The van der Waals surface area contributed by atoms with Gasteiger partial charge in [-0.05, 0) is 44.7 Å². The Labute approximate surface area is 162 Å². The van der Waals surface area contributed by atoms with Crippen molar-refractivity contribution >= 4 is 23.1 Å². The molecule has 2 unspecified atom stereocenters. The van der Waals surface area contributed by atoms with E-state index in [1.54, 1.807) is 22.5 Å². The van der Waals surface area contributed by atoms with Gasteiger partial charge in [-0.2, -0.15) is 0 Å². The molecule has 1 aromatic carbocycles. The van der Waals surface area contributed by atoms with E-state index in [1.807, 2.05) is 18.2 Å². The molecule has 3 atom stereocenters. The van der Waals surface area contributed by atoms with Gasteiger partial charge in [-0.15, -0.1) is 0 Å². The SMILES string of the molecule is CCOC(=O)c1nc2ccccc2n(C2CC3CC[C@H](C2)N3C(=O)OC)c1=O. The minimum absolute atomic E-state index is 0.0288. The van der Waals surface area contributed by atoms with Crippen LogP contribution in [0.5, 0.6) is 0 Å². The molecule has 148 valence electrons. The minimum Gasteiger partial charge on any atom is -0.461 e. The molecule has 0 spiro atoms. The normalized spacial score (nSPS) is 23.6. The number of nitrogens with zero attached hydrogens (tertiary/aromatic N) is 3. The molecule has 2 aliphatic rings. The van der Waals surface area contributed by atoms with E-state index in [4.69, 9.17) is 9.47 Å². The van der Waals surface area contributed by atoms with Crippen LogP contribution in [0.4, 0.5) is 4.79 Å². The van der Waals surface area contributed by atoms with Gasteiger partial charge in [-0.3, -0.25) is 4.79 Å². The van der Waals surface area contributed by atoms with Crippen LogP contribution in [-0.4, -0.2) is 52.3 Å². The van der Waals surface area contributed by atoms with Crippen LogP contribution in [-0.2, 0) is 9.47 Å². The van der Waals surface area contributed by atoms with Crippen LogP contribution in [0.3, 0.4) is 0 Å². The predicted molar refractivity (Wildman–Crippen MR) is 101 cm³/mol. The number of methoxy groups -OCH3 is 1. The molecule has 0 aliphatic carbocycles. The Hall–Kier alpha value is -2.90. The van der Waals surface area contributed by atoms with Gasteiger partial charge in [-0.25, -0.2) is 14.6 Å². The Morgan fingerprint density at radius 3 is 2.46 bits per heavy atom. The Balaban J connectivity index is 1.79. The highest BCUT2D eigenvalue weighted by atomic mass is 16.5. The van der Waals surface area contributed by atoms with Crippen molar-refractivity contribution < 1.29 is 19.1 Å². The molecule has 1 aromatic heterocycles. The lowest BCUT2D eigenvalue weighted by atomic mass is 9.97. The van der Waals surface area contributed by atoms with E-state index >= 15 is 0 Å². The van der Waals surface area contributed by atoms with Crippen LogP contribution < -0.4 is 5.56 Å². The van der Waals surface area contributed by atoms with Gasteiger partial charge in [0.25, 0.3) is 5.56 Å². The molecule has 2 bridgehead atoms. The van der Waals surface area contributed by atoms with Gasteiger partial charge < -0.3 is 18.9 Å². The number of rotatable bonds is 3. The Morgan fingerprint density at radius 1 is 1.14 bits per heavy atom. The van der Waals surface area contributed by atoms with Gasteiger partial charge in [0.05, 0.1) is 24.8 Å². The highest BCUT2D eigenvalue weighted by Gasteiger charge is 2.45. The number of hydrogen-bond donors (Lipinski definition) is 0. The first-order chi connectivity index (χ1) is 13.5. The molecule has 2 fully saturated rings. The van der Waals surface area contributed by atoms with Crippen molar-refractivity contribution in [1.29, 1.82) is 0 Å². The summed E-state index contributed by atoms with van der Waals surface area (Å²) >= 11 is 0. The second-order valence-corrected chi connectivity index (χ2v) is 7.23. The molecule has 2 aromatic rings. The number of carbonyl (C=O) groups excluding carboxylic acids is 2. The predicted octanol–water partition coefficient (Wildman–Crippen LogP) is 2.51. The number of piperidine rings is 1. The molecule has 2 saturated heterocycles. The van der Waals surface area contributed by atoms with E-state index in [-0.39, 0.29) is 36.5 Å². The van der Waals surface area contributed by atoms with Crippen LogP contribution in [0.2, 0.25) is 0 Å². The van der Waals surface area contributed by atoms with Crippen LogP contribution in [0.25, 0.3) is 11.0 Å². The molecule has 1 amide bonds. The number of fused-ring (bicyclic) bond motifs is 3. The van der Waals surface area contributed by atoms with Crippen LogP contribution in [0.15, 0.2) is 29.1 Å². The average Bonchev–Trinajstić information content (AvgIpc) is 2.96. The van der Waals surface area contributed by atoms with E-state index in [1.165, 1.54) is 7.11 Å².